The van der Waals surface area contributed by atoms with Crippen LogP contribution >= 0.6 is 0 Å². The van der Waals surface area contributed by atoms with E-state index in [1.165, 1.54) is 0 Å². The van der Waals surface area contributed by atoms with Crippen molar-refractivity contribution < 1.29 is 33.3 Å². The largest absolute Gasteiger partial charge is 0.493 e. The first-order valence-electron chi connectivity index (χ1n) is 11.4. The zero-order chi connectivity index (χ0) is 23.0. The quantitative estimate of drug-likeness (QED) is 0.560. The van der Waals surface area contributed by atoms with Crippen molar-refractivity contribution in [3.05, 3.63) is 41.5 Å². The number of esters is 1. The Hall–Kier alpha value is -3.06. The lowest BCUT2D eigenvalue weighted by atomic mass is 9.95. The molecule has 0 aromatic heterocycles. The molecule has 0 unspecified atom stereocenters. The molecule has 5 rings (SSSR count). The standard InChI is InChI=1S/C26H28O7/c1-29-22-9-7-20(17-4-3-5-19-18(17)6-8-21(19)27)23(24(22)30-2)32-15-26(11-12-26)25(28)33-16-10-13-31-14-16/h3-5,7,9,16H,6,8,10-15H2,1-2H3/t16-/m0/s1. The van der Waals surface area contributed by atoms with Crippen LogP contribution < -0.4 is 14.2 Å². The Kier molecular flexibility index (Phi) is 5.74. The van der Waals surface area contributed by atoms with Gasteiger partial charge < -0.3 is 23.7 Å². The van der Waals surface area contributed by atoms with E-state index in [0.29, 0.717) is 43.3 Å². The maximum Gasteiger partial charge on any atom is 0.315 e. The summed E-state index contributed by atoms with van der Waals surface area (Å²) in [6.07, 6.45) is 3.19. The van der Waals surface area contributed by atoms with E-state index in [4.69, 9.17) is 23.7 Å². The normalized spacial score (nSPS) is 20.3. The Bertz CT molecular complexity index is 1080. The van der Waals surface area contributed by atoms with Crippen LogP contribution in [0.1, 0.15) is 41.6 Å². The van der Waals surface area contributed by atoms with Gasteiger partial charge in [0.2, 0.25) is 5.75 Å². The van der Waals surface area contributed by atoms with E-state index in [1.807, 2.05) is 30.3 Å². The first-order chi connectivity index (χ1) is 16.1. The summed E-state index contributed by atoms with van der Waals surface area (Å²) in [6.45, 7) is 1.26. The van der Waals surface area contributed by atoms with Crippen LogP contribution in [0, 0.1) is 5.41 Å². The number of carbonyl (C=O) groups excluding carboxylic acids is 2. The molecule has 1 atom stereocenters. The van der Waals surface area contributed by atoms with Gasteiger partial charge in [0.05, 0.1) is 27.4 Å². The summed E-state index contributed by atoms with van der Waals surface area (Å²) < 4.78 is 28.5. The number of hydrogen-bond donors (Lipinski definition) is 0. The van der Waals surface area contributed by atoms with E-state index >= 15 is 0 Å². The molecule has 0 amide bonds. The molecule has 2 aromatic carbocycles. The van der Waals surface area contributed by atoms with E-state index in [-0.39, 0.29) is 24.5 Å². The molecular weight excluding hydrogens is 424 g/mol. The van der Waals surface area contributed by atoms with Crippen molar-refractivity contribution in [1.82, 2.24) is 0 Å². The lowest BCUT2D eigenvalue weighted by Crippen LogP contribution is -2.30. The number of ketones is 1. The third kappa shape index (κ3) is 3.95. The molecule has 0 bridgehead atoms. The predicted molar refractivity (Wildman–Crippen MR) is 120 cm³/mol. The Morgan fingerprint density at radius 2 is 1.85 bits per heavy atom. The van der Waals surface area contributed by atoms with Gasteiger partial charge >= 0.3 is 5.97 Å². The molecule has 0 spiro atoms. The van der Waals surface area contributed by atoms with E-state index in [0.717, 1.165) is 41.5 Å². The fourth-order valence-electron chi connectivity index (χ4n) is 4.65. The highest BCUT2D eigenvalue weighted by Crippen LogP contribution is 2.51. The first-order valence-corrected chi connectivity index (χ1v) is 11.4. The highest BCUT2D eigenvalue weighted by molar-refractivity contribution is 6.02. The second-order valence-electron chi connectivity index (χ2n) is 8.89. The number of benzene rings is 2. The van der Waals surface area contributed by atoms with Gasteiger partial charge in [-0.15, -0.1) is 0 Å². The molecule has 1 saturated carbocycles. The van der Waals surface area contributed by atoms with Gasteiger partial charge in [0.1, 0.15) is 18.1 Å². The maximum absolute atomic E-state index is 12.9. The van der Waals surface area contributed by atoms with Crippen molar-refractivity contribution in [2.75, 3.05) is 34.0 Å². The number of methoxy groups -OCH3 is 2. The molecule has 1 heterocycles. The average molecular weight is 453 g/mol. The van der Waals surface area contributed by atoms with Crippen LogP contribution in [0.15, 0.2) is 30.3 Å². The zero-order valence-electron chi connectivity index (χ0n) is 19.0. The number of Topliss-reactive ketones (excluding diaryl/α,β-unsaturated/α-hetero) is 1. The predicted octanol–water partition coefficient (Wildman–Crippen LogP) is 3.99. The lowest BCUT2D eigenvalue weighted by Gasteiger charge is -2.22. The van der Waals surface area contributed by atoms with E-state index in [1.54, 1.807) is 14.2 Å². The fourth-order valence-corrected chi connectivity index (χ4v) is 4.65. The highest BCUT2D eigenvalue weighted by atomic mass is 16.6. The number of rotatable bonds is 8. The molecule has 3 aliphatic rings. The molecule has 1 aliphatic heterocycles. The highest BCUT2D eigenvalue weighted by Gasteiger charge is 2.53. The van der Waals surface area contributed by atoms with Crippen molar-refractivity contribution in [1.29, 1.82) is 0 Å². The number of ether oxygens (including phenoxy) is 5. The maximum atomic E-state index is 12.9. The summed E-state index contributed by atoms with van der Waals surface area (Å²) in [5, 5.41) is 0. The number of fused-ring (bicyclic) bond motifs is 1. The van der Waals surface area contributed by atoms with Gasteiger partial charge in [-0.1, -0.05) is 18.2 Å². The molecule has 33 heavy (non-hydrogen) atoms. The van der Waals surface area contributed by atoms with Crippen molar-refractivity contribution in [3.63, 3.8) is 0 Å². The van der Waals surface area contributed by atoms with Crippen LogP contribution in [0.25, 0.3) is 11.1 Å². The van der Waals surface area contributed by atoms with Crippen LogP contribution in [-0.2, 0) is 20.7 Å². The van der Waals surface area contributed by atoms with Crippen molar-refractivity contribution >= 4 is 11.8 Å². The second-order valence-corrected chi connectivity index (χ2v) is 8.89. The molecular formula is C26H28O7. The summed E-state index contributed by atoms with van der Waals surface area (Å²) in [6, 6.07) is 9.51. The van der Waals surface area contributed by atoms with Gasteiger partial charge in [0.25, 0.3) is 0 Å². The molecule has 2 aliphatic carbocycles. The molecule has 1 saturated heterocycles. The van der Waals surface area contributed by atoms with Crippen LogP contribution in [0.5, 0.6) is 17.2 Å². The van der Waals surface area contributed by atoms with Crippen molar-refractivity contribution in [2.45, 2.75) is 38.2 Å². The van der Waals surface area contributed by atoms with Crippen molar-refractivity contribution in [2.24, 2.45) is 5.41 Å². The van der Waals surface area contributed by atoms with Crippen molar-refractivity contribution in [3.8, 4) is 28.4 Å². The fraction of sp³-hybridized carbons (Fsp3) is 0.462. The molecule has 2 aromatic rings. The summed E-state index contributed by atoms with van der Waals surface area (Å²) in [5.41, 5.74) is 2.87. The van der Waals surface area contributed by atoms with E-state index < -0.39 is 5.41 Å². The lowest BCUT2D eigenvalue weighted by molar-refractivity contribution is -0.157. The Morgan fingerprint density at radius 3 is 2.55 bits per heavy atom. The topological polar surface area (TPSA) is 80.3 Å². The molecule has 174 valence electrons. The zero-order valence-corrected chi connectivity index (χ0v) is 19.0. The summed E-state index contributed by atoms with van der Waals surface area (Å²) in [7, 11) is 3.14. The summed E-state index contributed by atoms with van der Waals surface area (Å²) in [4.78, 5) is 25.2. The molecule has 7 heteroatoms. The van der Waals surface area contributed by atoms with Gasteiger partial charge in [0.15, 0.2) is 17.3 Å². The van der Waals surface area contributed by atoms with Crippen LogP contribution in [0.4, 0.5) is 0 Å². The monoisotopic (exact) mass is 452 g/mol. The Labute approximate surface area is 192 Å². The summed E-state index contributed by atoms with van der Waals surface area (Å²) in [5.74, 6) is 1.44. The molecule has 0 radical (unpaired) electrons. The van der Waals surface area contributed by atoms with Crippen LogP contribution in [-0.4, -0.2) is 51.9 Å². The van der Waals surface area contributed by atoms with Gasteiger partial charge in [-0.05, 0) is 42.5 Å². The third-order valence-electron chi connectivity index (χ3n) is 6.81. The average Bonchev–Trinajstić information content (AvgIpc) is 3.28. The number of carbonyl (C=O) groups is 2. The van der Waals surface area contributed by atoms with Gasteiger partial charge in [0, 0.05) is 24.0 Å². The van der Waals surface area contributed by atoms with E-state index in [2.05, 4.69) is 0 Å². The smallest absolute Gasteiger partial charge is 0.315 e. The second kappa shape index (κ2) is 8.71. The van der Waals surface area contributed by atoms with Gasteiger partial charge in [-0.2, -0.15) is 0 Å². The van der Waals surface area contributed by atoms with E-state index in [9.17, 15) is 9.59 Å². The minimum absolute atomic E-state index is 0.158. The number of hydrogen-bond acceptors (Lipinski definition) is 7. The minimum atomic E-state index is -0.650. The molecule has 7 nitrogen and oxygen atoms in total. The first kappa shape index (κ1) is 21.8. The van der Waals surface area contributed by atoms with Gasteiger partial charge in [-0.25, -0.2) is 0 Å². The Balaban J connectivity index is 1.47. The minimum Gasteiger partial charge on any atom is -0.493 e. The van der Waals surface area contributed by atoms with Gasteiger partial charge in [-0.3, -0.25) is 9.59 Å². The SMILES string of the molecule is COc1ccc(-c2cccc3c2CCC3=O)c(OCC2(C(=O)O[C@H]3CCOC3)CC2)c1OC. The Morgan fingerprint density at radius 1 is 1.03 bits per heavy atom. The molecule has 2 fully saturated rings. The van der Waals surface area contributed by atoms with Crippen LogP contribution in [0.3, 0.4) is 0 Å². The van der Waals surface area contributed by atoms with Crippen LogP contribution in [0.2, 0.25) is 0 Å². The summed E-state index contributed by atoms with van der Waals surface area (Å²) >= 11 is 0. The third-order valence-corrected chi connectivity index (χ3v) is 6.81. The molecule has 0 N–H and O–H groups in total.